The van der Waals surface area contributed by atoms with Crippen LogP contribution >= 0.6 is 0 Å². The van der Waals surface area contributed by atoms with Crippen molar-refractivity contribution in [1.29, 1.82) is 0 Å². The van der Waals surface area contributed by atoms with Crippen LogP contribution in [0.15, 0.2) is 15.8 Å². The Balaban J connectivity index is 2.56. The Kier molecular flexibility index (Phi) is 10.3. The van der Waals surface area contributed by atoms with Crippen LogP contribution in [0.5, 0.6) is 0 Å². The highest BCUT2D eigenvalue weighted by atomic mass is 16.2. The zero-order valence-corrected chi connectivity index (χ0v) is 14.9. The molecule has 0 aromatic carbocycles. The predicted octanol–water partition coefficient (Wildman–Crippen LogP) is 4.19. The SMILES string of the molecule is CCCCCCCC(CCCCCCC)n1ncc(=O)[nH]c1=O. The second-order valence-corrected chi connectivity index (χ2v) is 6.44. The van der Waals surface area contributed by atoms with E-state index in [2.05, 4.69) is 23.9 Å². The number of hydrogen-bond acceptors (Lipinski definition) is 3. The van der Waals surface area contributed by atoms with Gasteiger partial charge in [-0.05, 0) is 12.8 Å². The van der Waals surface area contributed by atoms with Crippen molar-refractivity contribution in [2.45, 2.75) is 96.9 Å². The van der Waals surface area contributed by atoms with E-state index >= 15 is 0 Å². The first-order valence-electron chi connectivity index (χ1n) is 9.37. The summed E-state index contributed by atoms with van der Waals surface area (Å²) in [6.07, 6.45) is 15.3. The van der Waals surface area contributed by atoms with Crippen LogP contribution in [-0.2, 0) is 0 Å². The summed E-state index contributed by atoms with van der Waals surface area (Å²) in [5.74, 6) is 0. The van der Waals surface area contributed by atoms with E-state index in [1.807, 2.05) is 0 Å². The Morgan fingerprint density at radius 2 is 1.43 bits per heavy atom. The van der Waals surface area contributed by atoms with Crippen molar-refractivity contribution in [3.8, 4) is 0 Å². The van der Waals surface area contributed by atoms with Gasteiger partial charge in [-0.1, -0.05) is 78.1 Å². The minimum atomic E-state index is -0.420. The van der Waals surface area contributed by atoms with Gasteiger partial charge >= 0.3 is 5.69 Å². The number of hydrogen-bond donors (Lipinski definition) is 1. The largest absolute Gasteiger partial charge is 0.345 e. The molecule has 0 saturated heterocycles. The molecule has 0 saturated carbocycles. The molecule has 0 atom stereocenters. The highest BCUT2D eigenvalue weighted by Gasteiger charge is 2.13. The monoisotopic (exact) mass is 323 g/mol. The summed E-state index contributed by atoms with van der Waals surface area (Å²) < 4.78 is 1.49. The third-order valence-electron chi connectivity index (χ3n) is 4.37. The summed E-state index contributed by atoms with van der Waals surface area (Å²) in [5.41, 5.74) is -0.791. The van der Waals surface area contributed by atoms with Crippen molar-refractivity contribution in [2.24, 2.45) is 0 Å². The van der Waals surface area contributed by atoms with Gasteiger partial charge in [-0.3, -0.25) is 9.78 Å². The third kappa shape index (κ3) is 8.14. The second kappa shape index (κ2) is 12.1. The van der Waals surface area contributed by atoms with Crippen LogP contribution in [0, 0.1) is 0 Å². The lowest BCUT2D eigenvalue weighted by Gasteiger charge is -2.18. The Morgan fingerprint density at radius 3 is 1.91 bits per heavy atom. The number of nitrogens with zero attached hydrogens (tertiary/aromatic N) is 2. The molecule has 1 N–H and O–H groups in total. The summed E-state index contributed by atoms with van der Waals surface area (Å²) in [6.45, 7) is 4.42. The van der Waals surface area contributed by atoms with Crippen molar-refractivity contribution >= 4 is 0 Å². The highest BCUT2D eigenvalue weighted by Crippen LogP contribution is 2.21. The molecule has 0 aliphatic heterocycles. The maximum absolute atomic E-state index is 12.0. The number of H-pyrrole nitrogens is 1. The van der Waals surface area contributed by atoms with Crippen molar-refractivity contribution in [1.82, 2.24) is 14.8 Å². The Morgan fingerprint density at radius 1 is 0.913 bits per heavy atom. The van der Waals surface area contributed by atoms with E-state index in [1.165, 1.54) is 62.2 Å². The van der Waals surface area contributed by atoms with Gasteiger partial charge in [0.15, 0.2) is 0 Å². The summed E-state index contributed by atoms with van der Waals surface area (Å²) in [7, 11) is 0. The molecule has 132 valence electrons. The minimum absolute atomic E-state index is 0.114. The lowest BCUT2D eigenvalue weighted by Crippen LogP contribution is -2.34. The van der Waals surface area contributed by atoms with Gasteiger partial charge < -0.3 is 0 Å². The lowest BCUT2D eigenvalue weighted by molar-refractivity contribution is 0.347. The van der Waals surface area contributed by atoms with Crippen molar-refractivity contribution in [3.05, 3.63) is 27.0 Å². The van der Waals surface area contributed by atoms with Crippen LogP contribution in [0.3, 0.4) is 0 Å². The van der Waals surface area contributed by atoms with E-state index in [1.54, 1.807) is 0 Å². The molecular formula is C18H33N3O2. The van der Waals surface area contributed by atoms with Gasteiger partial charge in [0.2, 0.25) is 0 Å². The number of nitrogens with one attached hydrogen (secondary N) is 1. The normalized spacial score (nSPS) is 11.3. The fourth-order valence-corrected chi connectivity index (χ4v) is 2.98. The first-order chi connectivity index (χ1) is 11.2. The smallest absolute Gasteiger partial charge is 0.271 e. The minimum Gasteiger partial charge on any atom is -0.271 e. The molecule has 0 aliphatic carbocycles. The summed E-state index contributed by atoms with van der Waals surface area (Å²) >= 11 is 0. The van der Waals surface area contributed by atoms with E-state index in [4.69, 9.17) is 0 Å². The van der Waals surface area contributed by atoms with E-state index in [-0.39, 0.29) is 11.7 Å². The van der Waals surface area contributed by atoms with E-state index in [0.29, 0.717) is 0 Å². The molecule has 0 unspecified atom stereocenters. The molecule has 1 aromatic rings. The average molecular weight is 323 g/mol. The lowest BCUT2D eigenvalue weighted by atomic mass is 10.0. The van der Waals surface area contributed by atoms with Crippen LogP contribution in [0.4, 0.5) is 0 Å². The zero-order chi connectivity index (χ0) is 16.9. The van der Waals surface area contributed by atoms with Crippen LogP contribution in [0.1, 0.15) is 96.9 Å². The van der Waals surface area contributed by atoms with Gasteiger partial charge in [-0.25, -0.2) is 9.48 Å². The molecule has 0 bridgehead atoms. The summed E-state index contributed by atoms with van der Waals surface area (Å²) in [5, 5.41) is 4.07. The molecule has 5 heteroatoms. The quantitative estimate of drug-likeness (QED) is 0.553. The fraction of sp³-hybridized carbons (Fsp3) is 0.833. The first kappa shape index (κ1) is 19.7. The Labute approximate surface area is 139 Å². The first-order valence-corrected chi connectivity index (χ1v) is 9.37. The average Bonchev–Trinajstić information content (AvgIpc) is 2.53. The molecule has 5 nitrogen and oxygen atoms in total. The van der Waals surface area contributed by atoms with E-state index in [9.17, 15) is 9.59 Å². The molecule has 0 fully saturated rings. The van der Waals surface area contributed by atoms with Crippen LogP contribution in [0.25, 0.3) is 0 Å². The highest BCUT2D eigenvalue weighted by molar-refractivity contribution is 4.74. The van der Waals surface area contributed by atoms with Crippen molar-refractivity contribution < 1.29 is 0 Å². The van der Waals surface area contributed by atoms with Crippen molar-refractivity contribution in [3.63, 3.8) is 0 Å². The zero-order valence-electron chi connectivity index (χ0n) is 14.9. The van der Waals surface area contributed by atoms with Crippen molar-refractivity contribution in [2.75, 3.05) is 0 Å². The number of aromatic amines is 1. The topological polar surface area (TPSA) is 67.8 Å². The summed E-state index contributed by atoms with van der Waals surface area (Å²) in [6, 6.07) is 0.114. The van der Waals surface area contributed by atoms with Crippen LogP contribution < -0.4 is 11.2 Å². The predicted molar refractivity (Wildman–Crippen MR) is 94.9 cm³/mol. The van der Waals surface area contributed by atoms with Gasteiger partial charge in [0.1, 0.15) is 6.20 Å². The maximum Gasteiger partial charge on any atom is 0.345 e. The molecule has 1 aromatic heterocycles. The van der Waals surface area contributed by atoms with Gasteiger partial charge in [0.05, 0.1) is 6.04 Å². The molecule has 23 heavy (non-hydrogen) atoms. The summed E-state index contributed by atoms with van der Waals surface area (Å²) in [4.78, 5) is 25.5. The molecule has 0 aliphatic rings. The molecule has 1 rings (SSSR count). The molecule has 1 heterocycles. The number of rotatable bonds is 13. The maximum atomic E-state index is 12.0. The Hall–Kier alpha value is -1.39. The van der Waals surface area contributed by atoms with Gasteiger partial charge in [-0.15, -0.1) is 0 Å². The molecule has 0 radical (unpaired) electrons. The van der Waals surface area contributed by atoms with Gasteiger partial charge in [0.25, 0.3) is 5.56 Å². The molecule has 0 amide bonds. The number of aromatic nitrogens is 3. The molecule has 0 spiro atoms. The standard InChI is InChI=1S/C18H33N3O2/c1-3-5-7-9-11-13-16(14-12-10-8-6-4-2)21-18(23)20-17(22)15-19-21/h15-16H,3-14H2,1-2H3,(H,20,22,23). The number of unbranched alkanes of at least 4 members (excludes halogenated alkanes) is 8. The van der Waals surface area contributed by atoms with E-state index < -0.39 is 5.56 Å². The van der Waals surface area contributed by atoms with Crippen LogP contribution in [0.2, 0.25) is 0 Å². The fourth-order valence-electron chi connectivity index (χ4n) is 2.98. The molecular weight excluding hydrogens is 290 g/mol. The third-order valence-corrected chi connectivity index (χ3v) is 4.37. The Bertz CT molecular complexity index is 507. The van der Waals surface area contributed by atoms with E-state index in [0.717, 1.165) is 25.7 Å². The van der Waals surface area contributed by atoms with Gasteiger partial charge in [-0.2, -0.15) is 5.10 Å². The van der Waals surface area contributed by atoms with Crippen LogP contribution in [-0.4, -0.2) is 14.8 Å². The van der Waals surface area contributed by atoms with Gasteiger partial charge in [0, 0.05) is 0 Å². The second-order valence-electron chi connectivity index (χ2n) is 6.44.